The van der Waals surface area contributed by atoms with E-state index in [-0.39, 0.29) is 17.0 Å². The summed E-state index contributed by atoms with van der Waals surface area (Å²) < 4.78 is 23.2. The zero-order valence-corrected chi connectivity index (χ0v) is 12.5. The van der Waals surface area contributed by atoms with Crippen LogP contribution in [0.1, 0.15) is 17.3 Å². The summed E-state index contributed by atoms with van der Waals surface area (Å²) in [6, 6.07) is 9.07. The van der Waals surface area contributed by atoms with E-state index in [4.69, 9.17) is 9.47 Å². The van der Waals surface area contributed by atoms with Crippen molar-refractivity contribution in [1.29, 1.82) is 0 Å². The van der Waals surface area contributed by atoms with Gasteiger partial charge in [0.05, 0.1) is 18.1 Å². The third kappa shape index (κ3) is 3.82. The average Bonchev–Trinajstić information content (AvgIpc) is 2.55. The number of rotatable bonds is 6. The molecule has 2 rings (SSSR count). The van der Waals surface area contributed by atoms with E-state index in [0.717, 1.165) is 12.1 Å². The molecule has 7 heteroatoms. The van der Waals surface area contributed by atoms with Crippen LogP contribution in [0.4, 0.5) is 10.1 Å². The van der Waals surface area contributed by atoms with Crippen LogP contribution in [-0.4, -0.2) is 23.9 Å². The van der Waals surface area contributed by atoms with Crippen molar-refractivity contribution in [2.45, 2.75) is 13.0 Å². The Bertz CT molecular complexity index is 730. The van der Waals surface area contributed by atoms with Gasteiger partial charge in [0.25, 0.3) is 0 Å². The van der Waals surface area contributed by atoms with E-state index in [9.17, 15) is 19.3 Å². The van der Waals surface area contributed by atoms with E-state index >= 15 is 0 Å². The molecule has 6 nitrogen and oxygen atoms in total. The van der Waals surface area contributed by atoms with E-state index < -0.39 is 22.6 Å². The number of nitro benzene ring substituents is 1. The number of carbonyl (C=O) groups is 1. The molecule has 0 fully saturated rings. The SMILES string of the molecule is COc1ccc(O[C@@H](C)C(=O)c2ccc(F)cc2)c([N+](=O)[O-])c1. The van der Waals surface area contributed by atoms with Gasteiger partial charge < -0.3 is 9.47 Å². The van der Waals surface area contributed by atoms with Crippen molar-refractivity contribution in [3.63, 3.8) is 0 Å². The number of ketones is 1. The monoisotopic (exact) mass is 319 g/mol. The molecule has 0 bridgehead atoms. The van der Waals surface area contributed by atoms with Gasteiger partial charge in [0, 0.05) is 5.56 Å². The van der Waals surface area contributed by atoms with Gasteiger partial charge in [-0.2, -0.15) is 0 Å². The third-order valence-corrected chi connectivity index (χ3v) is 3.16. The maximum atomic E-state index is 12.9. The lowest BCUT2D eigenvalue weighted by Crippen LogP contribution is -2.24. The van der Waals surface area contributed by atoms with Crippen molar-refractivity contribution in [2.75, 3.05) is 7.11 Å². The second-order valence-corrected chi connectivity index (χ2v) is 4.72. The Balaban J connectivity index is 2.22. The third-order valence-electron chi connectivity index (χ3n) is 3.16. The van der Waals surface area contributed by atoms with Crippen molar-refractivity contribution < 1.29 is 23.6 Å². The topological polar surface area (TPSA) is 78.7 Å². The highest BCUT2D eigenvalue weighted by Gasteiger charge is 2.22. The Hall–Kier alpha value is -2.96. The van der Waals surface area contributed by atoms with E-state index in [0.29, 0.717) is 5.75 Å². The Labute approximate surface area is 131 Å². The molecule has 0 saturated carbocycles. The van der Waals surface area contributed by atoms with Gasteiger partial charge in [0.2, 0.25) is 5.78 Å². The molecule has 0 aliphatic rings. The molecule has 0 saturated heterocycles. The minimum absolute atomic E-state index is 0.0428. The van der Waals surface area contributed by atoms with Crippen LogP contribution in [-0.2, 0) is 0 Å². The predicted octanol–water partition coefficient (Wildman–Crippen LogP) is 3.39. The van der Waals surface area contributed by atoms with Crippen LogP contribution in [0.3, 0.4) is 0 Å². The van der Waals surface area contributed by atoms with E-state index in [2.05, 4.69) is 0 Å². The molecule has 0 aliphatic heterocycles. The second-order valence-electron chi connectivity index (χ2n) is 4.72. The largest absolute Gasteiger partial charge is 0.496 e. The molecule has 0 radical (unpaired) electrons. The molecule has 0 aromatic heterocycles. The van der Waals surface area contributed by atoms with Crippen LogP contribution >= 0.6 is 0 Å². The molecular weight excluding hydrogens is 305 g/mol. The summed E-state index contributed by atoms with van der Waals surface area (Å²) in [5, 5.41) is 11.1. The van der Waals surface area contributed by atoms with E-state index in [1.54, 1.807) is 0 Å². The van der Waals surface area contributed by atoms with Gasteiger partial charge in [0.15, 0.2) is 11.9 Å². The van der Waals surface area contributed by atoms with E-state index in [1.807, 2.05) is 0 Å². The minimum atomic E-state index is -0.965. The highest BCUT2D eigenvalue weighted by atomic mass is 19.1. The number of nitro groups is 1. The van der Waals surface area contributed by atoms with Crippen LogP contribution < -0.4 is 9.47 Å². The van der Waals surface area contributed by atoms with Crippen LogP contribution in [0.25, 0.3) is 0 Å². The number of halogens is 1. The molecule has 23 heavy (non-hydrogen) atoms. The molecule has 2 aromatic carbocycles. The molecule has 0 unspecified atom stereocenters. The maximum absolute atomic E-state index is 12.9. The van der Waals surface area contributed by atoms with Gasteiger partial charge in [-0.25, -0.2) is 4.39 Å². The quantitative estimate of drug-likeness (QED) is 0.463. The fourth-order valence-electron chi connectivity index (χ4n) is 1.96. The molecule has 0 N–H and O–H groups in total. The molecule has 0 aliphatic carbocycles. The van der Waals surface area contributed by atoms with Crippen molar-refractivity contribution >= 4 is 11.5 Å². The number of hydrogen-bond donors (Lipinski definition) is 0. The standard InChI is InChI=1S/C16H14FNO5/c1-10(16(19)11-3-5-12(17)6-4-11)23-15-8-7-13(22-2)9-14(15)18(20)21/h3-10H,1-2H3/t10-/m0/s1. The lowest BCUT2D eigenvalue weighted by atomic mass is 10.1. The zero-order valence-electron chi connectivity index (χ0n) is 12.5. The second kappa shape index (κ2) is 6.87. The molecule has 0 amide bonds. The first-order valence-corrected chi connectivity index (χ1v) is 6.71. The Morgan fingerprint density at radius 3 is 2.43 bits per heavy atom. The van der Waals surface area contributed by atoms with Gasteiger partial charge in [-0.05, 0) is 43.3 Å². The number of hydrogen-bond acceptors (Lipinski definition) is 5. The van der Waals surface area contributed by atoms with Gasteiger partial charge >= 0.3 is 5.69 Å². The van der Waals surface area contributed by atoms with Crippen LogP contribution in [0.2, 0.25) is 0 Å². The molecular formula is C16H14FNO5. The Kier molecular flexibility index (Phi) is 4.90. The number of carbonyl (C=O) groups excluding carboxylic acids is 1. The Morgan fingerprint density at radius 2 is 1.87 bits per heavy atom. The zero-order chi connectivity index (χ0) is 17.0. The number of nitrogens with zero attached hydrogens (tertiary/aromatic N) is 1. The summed E-state index contributed by atoms with van der Waals surface area (Å²) in [6.45, 7) is 1.47. The lowest BCUT2D eigenvalue weighted by Gasteiger charge is -2.14. The lowest BCUT2D eigenvalue weighted by molar-refractivity contribution is -0.386. The maximum Gasteiger partial charge on any atom is 0.314 e. The van der Waals surface area contributed by atoms with Crippen molar-refractivity contribution in [1.82, 2.24) is 0 Å². The number of ether oxygens (including phenoxy) is 2. The first-order valence-electron chi connectivity index (χ1n) is 6.71. The fraction of sp³-hybridized carbons (Fsp3) is 0.188. The molecule has 0 spiro atoms. The fourth-order valence-corrected chi connectivity index (χ4v) is 1.96. The first-order chi connectivity index (χ1) is 10.9. The number of benzene rings is 2. The van der Waals surface area contributed by atoms with Crippen molar-refractivity contribution in [3.8, 4) is 11.5 Å². The highest BCUT2D eigenvalue weighted by molar-refractivity contribution is 5.99. The summed E-state index contributed by atoms with van der Waals surface area (Å²) in [7, 11) is 1.39. The summed E-state index contributed by atoms with van der Waals surface area (Å²) >= 11 is 0. The van der Waals surface area contributed by atoms with E-state index in [1.165, 1.54) is 44.4 Å². The molecule has 2 aromatic rings. The summed E-state index contributed by atoms with van der Waals surface area (Å²) in [4.78, 5) is 22.7. The first kappa shape index (κ1) is 16.4. The molecule has 1 atom stereocenters. The smallest absolute Gasteiger partial charge is 0.314 e. The van der Waals surface area contributed by atoms with Crippen LogP contribution in [0, 0.1) is 15.9 Å². The van der Waals surface area contributed by atoms with Crippen molar-refractivity contribution in [3.05, 3.63) is 64.0 Å². The average molecular weight is 319 g/mol. The number of Topliss-reactive ketones (excluding diaryl/α,β-unsaturated/α-hetero) is 1. The Morgan fingerprint density at radius 1 is 1.22 bits per heavy atom. The van der Waals surface area contributed by atoms with Gasteiger partial charge in [-0.1, -0.05) is 0 Å². The summed E-state index contributed by atoms with van der Waals surface area (Å²) in [6.07, 6.45) is -0.965. The summed E-state index contributed by atoms with van der Waals surface area (Å²) in [5.41, 5.74) is -0.0434. The minimum Gasteiger partial charge on any atom is -0.496 e. The summed E-state index contributed by atoms with van der Waals surface area (Å²) in [5.74, 6) is -0.601. The van der Waals surface area contributed by atoms with Crippen LogP contribution in [0.15, 0.2) is 42.5 Å². The van der Waals surface area contributed by atoms with Gasteiger partial charge in [-0.3, -0.25) is 14.9 Å². The molecule has 120 valence electrons. The van der Waals surface area contributed by atoms with Crippen LogP contribution in [0.5, 0.6) is 11.5 Å². The normalized spacial score (nSPS) is 11.6. The van der Waals surface area contributed by atoms with Gasteiger partial charge in [-0.15, -0.1) is 0 Å². The highest BCUT2D eigenvalue weighted by Crippen LogP contribution is 2.32. The number of methoxy groups -OCH3 is 1. The predicted molar refractivity (Wildman–Crippen MR) is 80.5 cm³/mol. The molecule has 0 heterocycles. The van der Waals surface area contributed by atoms with Gasteiger partial charge in [0.1, 0.15) is 11.6 Å². The van der Waals surface area contributed by atoms with Crippen molar-refractivity contribution in [2.24, 2.45) is 0 Å².